The third-order valence-electron chi connectivity index (χ3n) is 3.05. The first-order chi connectivity index (χ1) is 9.58. The molecule has 0 unspecified atom stereocenters. The van der Waals surface area contributed by atoms with Crippen LogP contribution in [0.25, 0.3) is 0 Å². The summed E-state index contributed by atoms with van der Waals surface area (Å²) in [5.41, 5.74) is 1.18. The number of nitrogens with zero attached hydrogens (tertiary/aromatic N) is 1. The molecule has 0 aliphatic rings. The molecule has 0 spiro atoms. The zero-order chi connectivity index (χ0) is 15.0. The van der Waals surface area contributed by atoms with E-state index in [4.69, 9.17) is 9.47 Å². The van der Waals surface area contributed by atoms with Crippen molar-refractivity contribution < 1.29 is 14.3 Å². The predicted octanol–water partition coefficient (Wildman–Crippen LogP) is 1.31. The molecule has 112 valence electrons. The van der Waals surface area contributed by atoms with Crippen LogP contribution in [0.5, 0.6) is 11.5 Å². The minimum Gasteiger partial charge on any atom is -0.493 e. The van der Waals surface area contributed by atoms with Gasteiger partial charge in [0.2, 0.25) is 5.91 Å². The maximum Gasteiger partial charge on any atom is 0.223 e. The fraction of sp³-hybridized carbons (Fsp3) is 0.533. The van der Waals surface area contributed by atoms with Crippen molar-refractivity contribution in [3.8, 4) is 11.5 Å². The fourth-order valence-corrected chi connectivity index (χ4v) is 1.81. The summed E-state index contributed by atoms with van der Waals surface area (Å²) in [7, 11) is 6.80. The predicted molar refractivity (Wildman–Crippen MR) is 79.4 cm³/mol. The Labute approximate surface area is 120 Å². The Bertz CT molecular complexity index is 433. The van der Waals surface area contributed by atoms with Crippen molar-refractivity contribution >= 4 is 5.91 Å². The molecule has 5 heteroatoms. The van der Waals surface area contributed by atoms with Gasteiger partial charge in [-0.1, -0.05) is 6.07 Å². The number of ether oxygens (including phenoxy) is 2. The average Bonchev–Trinajstić information content (AvgIpc) is 2.46. The molecule has 1 amide bonds. The lowest BCUT2D eigenvalue weighted by Crippen LogP contribution is -2.27. The van der Waals surface area contributed by atoms with Crippen LogP contribution in [-0.2, 0) is 11.2 Å². The summed E-state index contributed by atoms with van der Waals surface area (Å²) in [4.78, 5) is 13.0. The molecular weight excluding hydrogens is 256 g/mol. The molecule has 0 atom stereocenters. The molecule has 1 aromatic rings. The highest BCUT2D eigenvalue weighted by atomic mass is 16.5. The van der Waals surface area contributed by atoms with E-state index in [2.05, 4.69) is 5.32 Å². The van der Waals surface area contributed by atoms with Crippen molar-refractivity contribution in [3.63, 3.8) is 0 Å². The van der Waals surface area contributed by atoms with Crippen molar-refractivity contribution in [2.24, 2.45) is 0 Å². The van der Waals surface area contributed by atoms with Gasteiger partial charge < -0.3 is 19.7 Å². The first kappa shape index (κ1) is 16.3. The van der Waals surface area contributed by atoms with Gasteiger partial charge in [-0.3, -0.25) is 4.79 Å². The Morgan fingerprint density at radius 3 is 2.45 bits per heavy atom. The molecule has 0 aliphatic carbocycles. The van der Waals surface area contributed by atoms with Gasteiger partial charge in [0.05, 0.1) is 14.2 Å². The number of methoxy groups -OCH3 is 2. The number of hydrogen-bond donors (Lipinski definition) is 1. The second kappa shape index (κ2) is 8.43. The van der Waals surface area contributed by atoms with Gasteiger partial charge >= 0.3 is 0 Å². The number of carbonyl (C=O) groups is 1. The monoisotopic (exact) mass is 280 g/mol. The van der Waals surface area contributed by atoms with Crippen LogP contribution >= 0.6 is 0 Å². The van der Waals surface area contributed by atoms with E-state index in [1.54, 1.807) is 33.2 Å². The highest BCUT2D eigenvalue weighted by Gasteiger charge is 2.05. The minimum absolute atomic E-state index is 0.142. The van der Waals surface area contributed by atoms with Crippen LogP contribution in [0, 0.1) is 0 Å². The van der Waals surface area contributed by atoms with E-state index in [0.717, 1.165) is 24.5 Å². The summed E-state index contributed by atoms with van der Waals surface area (Å²) in [5, 5.41) is 3.27. The zero-order valence-corrected chi connectivity index (χ0v) is 12.7. The number of carbonyl (C=O) groups excluding carboxylic acids is 1. The van der Waals surface area contributed by atoms with Crippen LogP contribution in [0.15, 0.2) is 18.2 Å². The molecule has 0 fully saturated rings. The topological polar surface area (TPSA) is 50.8 Å². The Balaban J connectivity index is 2.34. The number of rotatable bonds is 8. The summed E-state index contributed by atoms with van der Waals surface area (Å²) in [6.45, 7) is 1.53. The normalized spacial score (nSPS) is 10.2. The van der Waals surface area contributed by atoms with Crippen molar-refractivity contribution in [1.82, 2.24) is 10.2 Å². The second-order valence-corrected chi connectivity index (χ2v) is 4.73. The highest BCUT2D eigenvalue weighted by Crippen LogP contribution is 2.27. The highest BCUT2D eigenvalue weighted by molar-refractivity contribution is 5.75. The Morgan fingerprint density at radius 1 is 1.15 bits per heavy atom. The van der Waals surface area contributed by atoms with Gasteiger partial charge in [-0.15, -0.1) is 0 Å². The van der Waals surface area contributed by atoms with E-state index in [-0.39, 0.29) is 5.91 Å². The van der Waals surface area contributed by atoms with E-state index >= 15 is 0 Å². The second-order valence-electron chi connectivity index (χ2n) is 4.73. The van der Waals surface area contributed by atoms with Crippen LogP contribution in [0.1, 0.15) is 12.0 Å². The molecule has 0 saturated heterocycles. The number of amides is 1. The van der Waals surface area contributed by atoms with Crippen LogP contribution in [0.3, 0.4) is 0 Å². The van der Waals surface area contributed by atoms with Crippen molar-refractivity contribution in [3.05, 3.63) is 23.8 Å². The molecule has 1 N–H and O–H groups in total. The van der Waals surface area contributed by atoms with Crippen molar-refractivity contribution in [2.45, 2.75) is 12.8 Å². The van der Waals surface area contributed by atoms with Gasteiger partial charge in [0.15, 0.2) is 11.5 Å². The van der Waals surface area contributed by atoms with Crippen LogP contribution in [0.2, 0.25) is 0 Å². The van der Waals surface area contributed by atoms with E-state index < -0.39 is 0 Å². The molecule has 1 aromatic carbocycles. The average molecular weight is 280 g/mol. The number of benzene rings is 1. The first-order valence-corrected chi connectivity index (χ1v) is 6.70. The Kier molecular flexibility index (Phi) is 6.87. The lowest BCUT2D eigenvalue weighted by Gasteiger charge is -2.11. The van der Waals surface area contributed by atoms with Gasteiger partial charge in [0, 0.05) is 27.1 Å². The molecule has 0 saturated carbocycles. The molecule has 20 heavy (non-hydrogen) atoms. The minimum atomic E-state index is 0.142. The maximum atomic E-state index is 11.4. The standard InChI is InChI=1S/C15H24N2O3/c1-17(2)15(18)8-10-16-9-7-12-5-6-13(19-3)14(11-12)20-4/h5-6,11,16H,7-10H2,1-4H3. The fourth-order valence-electron chi connectivity index (χ4n) is 1.81. The molecule has 0 bridgehead atoms. The number of hydrogen-bond acceptors (Lipinski definition) is 4. The summed E-state index contributed by atoms with van der Waals surface area (Å²) in [6.07, 6.45) is 1.41. The quantitative estimate of drug-likeness (QED) is 0.730. The zero-order valence-electron chi connectivity index (χ0n) is 12.7. The summed E-state index contributed by atoms with van der Waals surface area (Å²) >= 11 is 0. The van der Waals surface area contributed by atoms with Gasteiger partial charge in [0.25, 0.3) is 0 Å². The molecule has 1 rings (SSSR count). The first-order valence-electron chi connectivity index (χ1n) is 6.70. The lowest BCUT2D eigenvalue weighted by atomic mass is 10.1. The van der Waals surface area contributed by atoms with Gasteiger partial charge in [-0.05, 0) is 30.7 Å². The van der Waals surface area contributed by atoms with Crippen LogP contribution < -0.4 is 14.8 Å². The Morgan fingerprint density at radius 2 is 1.85 bits per heavy atom. The third-order valence-corrected chi connectivity index (χ3v) is 3.05. The van der Waals surface area contributed by atoms with Gasteiger partial charge in [-0.25, -0.2) is 0 Å². The lowest BCUT2D eigenvalue weighted by molar-refractivity contribution is -0.128. The summed E-state index contributed by atoms with van der Waals surface area (Å²) < 4.78 is 10.5. The van der Waals surface area contributed by atoms with E-state index in [9.17, 15) is 4.79 Å². The van der Waals surface area contributed by atoms with Crippen molar-refractivity contribution in [2.75, 3.05) is 41.4 Å². The maximum absolute atomic E-state index is 11.4. The summed E-state index contributed by atoms with van der Waals surface area (Å²) in [6, 6.07) is 5.91. The van der Waals surface area contributed by atoms with Crippen LogP contribution in [0.4, 0.5) is 0 Å². The third kappa shape index (κ3) is 5.09. The SMILES string of the molecule is COc1ccc(CCNCCC(=O)N(C)C)cc1OC. The summed E-state index contributed by atoms with van der Waals surface area (Å²) in [5.74, 6) is 1.62. The Hall–Kier alpha value is -1.75. The smallest absolute Gasteiger partial charge is 0.223 e. The van der Waals surface area contributed by atoms with Crippen LogP contribution in [-0.4, -0.2) is 52.2 Å². The largest absolute Gasteiger partial charge is 0.493 e. The molecule has 0 heterocycles. The van der Waals surface area contributed by atoms with Gasteiger partial charge in [0.1, 0.15) is 0 Å². The molecule has 0 aromatic heterocycles. The van der Waals surface area contributed by atoms with E-state index in [0.29, 0.717) is 13.0 Å². The van der Waals surface area contributed by atoms with Crippen molar-refractivity contribution in [1.29, 1.82) is 0 Å². The molecule has 0 radical (unpaired) electrons. The van der Waals surface area contributed by atoms with Gasteiger partial charge in [-0.2, -0.15) is 0 Å². The number of nitrogens with one attached hydrogen (secondary N) is 1. The molecule has 5 nitrogen and oxygen atoms in total. The van der Waals surface area contributed by atoms with E-state index in [1.807, 2.05) is 18.2 Å². The molecule has 0 aliphatic heterocycles. The molecular formula is C15H24N2O3. The van der Waals surface area contributed by atoms with E-state index in [1.165, 1.54) is 5.56 Å².